The number of nitrogens with zero attached hydrogens (tertiary/aromatic N) is 1. The molecule has 0 aromatic heterocycles. The molecule has 0 radical (unpaired) electrons. The van der Waals surface area contributed by atoms with Crippen LogP contribution in [0.1, 0.15) is 46.7 Å². The van der Waals surface area contributed by atoms with Crippen molar-refractivity contribution < 1.29 is 29.3 Å². The number of aliphatic hydroxyl groups is 1. The number of phenolic OH excluding ortho intramolecular Hbond substituents is 1. The van der Waals surface area contributed by atoms with E-state index in [9.17, 15) is 24.6 Å². The topological polar surface area (TPSA) is 104 Å². The molecule has 1 unspecified atom stereocenters. The molecule has 3 aromatic carbocycles. The first kappa shape index (κ1) is 24.3. The van der Waals surface area contributed by atoms with Crippen molar-refractivity contribution in [3.05, 3.63) is 100 Å². The Hall–Kier alpha value is -4.39. The van der Waals surface area contributed by atoms with Crippen molar-refractivity contribution in [1.82, 2.24) is 0 Å². The molecule has 1 amide bonds. The van der Waals surface area contributed by atoms with Gasteiger partial charge in [0, 0.05) is 11.3 Å². The number of anilines is 1. The summed E-state index contributed by atoms with van der Waals surface area (Å²) in [4.78, 5) is 39.7. The molecule has 3 aromatic rings. The maximum Gasteiger partial charge on any atom is 0.309 e. The van der Waals surface area contributed by atoms with E-state index in [1.54, 1.807) is 42.5 Å². The van der Waals surface area contributed by atoms with E-state index >= 15 is 0 Å². The Morgan fingerprint density at radius 3 is 2.41 bits per heavy atom. The number of hydrogen-bond acceptors (Lipinski definition) is 6. The third-order valence-corrected chi connectivity index (χ3v) is 7.04. The van der Waals surface area contributed by atoms with Gasteiger partial charge in [-0.2, -0.15) is 0 Å². The second-order valence-electron chi connectivity index (χ2n) is 9.37. The van der Waals surface area contributed by atoms with Crippen LogP contribution in [-0.2, 0) is 38.4 Å². The normalized spacial score (nSPS) is 18.5. The third-order valence-electron chi connectivity index (χ3n) is 7.04. The minimum atomic E-state index is -0.949. The highest BCUT2D eigenvalue weighted by atomic mass is 16.5. The lowest BCUT2D eigenvalue weighted by Gasteiger charge is -2.26. The fraction of sp³-hybridized carbons (Fsp3) is 0.233. The number of aromatic hydroxyl groups is 1. The Kier molecular flexibility index (Phi) is 6.53. The van der Waals surface area contributed by atoms with Crippen molar-refractivity contribution in [3.63, 3.8) is 0 Å². The predicted octanol–water partition coefficient (Wildman–Crippen LogP) is 4.61. The lowest BCUT2D eigenvalue weighted by molar-refractivity contribution is -0.139. The number of carbonyl (C=O) groups is 3. The zero-order valence-corrected chi connectivity index (χ0v) is 20.4. The first-order valence-electron chi connectivity index (χ1n) is 12.2. The average Bonchev–Trinajstić information content (AvgIpc) is 3.18. The van der Waals surface area contributed by atoms with E-state index in [0.717, 1.165) is 31.2 Å². The summed E-state index contributed by atoms with van der Waals surface area (Å²) in [5.74, 6) is -2.25. The van der Waals surface area contributed by atoms with Gasteiger partial charge in [-0.05, 0) is 78.3 Å². The highest BCUT2D eigenvalue weighted by molar-refractivity contribution is 6.51. The quantitative estimate of drug-likeness (QED) is 0.231. The summed E-state index contributed by atoms with van der Waals surface area (Å²) < 4.78 is 4.71. The van der Waals surface area contributed by atoms with Crippen molar-refractivity contribution in [2.45, 2.75) is 38.1 Å². The van der Waals surface area contributed by atoms with Crippen LogP contribution in [0.2, 0.25) is 0 Å². The van der Waals surface area contributed by atoms with Gasteiger partial charge in [0.15, 0.2) is 0 Å². The monoisotopic (exact) mass is 497 g/mol. The number of hydrogen-bond donors (Lipinski definition) is 2. The molecule has 1 aliphatic carbocycles. The molecule has 0 saturated carbocycles. The molecule has 1 saturated heterocycles. The molecule has 2 aliphatic rings. The summed E-state index contributed by atoms with van der Waals surface area (Å²) in [6.45, 7) is 0. The van der Waals surface area contributed by atoms with Crippen LogP contribution in [0, 0.1) is 0 Å². The van der Waals surface area contributed by atoms with Crippen LogP contribution in [0.25, 0.3) is 5.76 Å². The molecule has 5 rings (SSSR count). The van der Waals surface area contributed by atoms with Gasteiger partial charge in [0.2, 0.25) is 0 Å². The molecule has 7 nitrogen and oxygen atoms in total. The Labute approximate surface area is 214 Å². The van der Waals surface area contributed by atoms with Crippen LogP contribution < -0.4 is 4.90 Å². The molecule has 1 atom stereocenters. The molecule has 0 bridgehead atoms. The number of ketones is 1. The smallest absolute Gasteiger partial charge is 0.309 e. The average molecular weight is 498 g/mol. The summed E-state index contributed by atoms with van der Waals surface area (Å²) in [5.41, 5.74) is 4.42. The number of phenols is 1. The lowest BCUT2D eigenvalue weighted by atomic mass is 9.88. The summed E-state index contributed by atoms with van der Waals surface area (Å²) in [7, 11) is 1.31. The fourth-order valence-corrected chi connectivity index (χ4v) is 5.16. The van der Waals surface area contributed by atoms with Crippen molar-refractivity contribution in [3.8, 4) is 5.75 Å². The largest absolute Gasteiger partial charge is 0.508 e. The number of benzene rings is 3. The molecule has 1 aliphatic heterocycles. The van der Waals surface area contributed by atoms with E-state index in [0.29, 0.717) is 22.4 Å². The number of rotatable bonds is 5. The second kappa shape index (κ2) is 9.93. The summed E-state index contributed by atoms with van der Waals surface area (Å²) in [6, 6.07) is 17.7. The van der Waals surface area contributed by atoms with Crippen molar-refractivity contribution in [1.29, 1.82) is 0 Å². The van der Waals surface area contributed by atoms with E-state index in [4.69, 9.17) is 4.74 Å². The molecule has 188 valence electrons. The number of aryl methyl sites for hydroxylation is 2. The molecule has 2 N–H and O–H groups in total. The fourth-order valence-electron chi connectivity index (χ4n) is 5.16. The molecule has 7 heteroatoms. The Balaban J connectivity index is 1.62. The maximum atomic E-state index is 13.4. The van der Waals surface area contributed by atoms with Gasteiger partial charge in [-0.25, -0.2) is 0 Å². The summed E-state index contributed by atoms with van der Waals surface area (Å²) in [5, 5.41) is 21.6. The van der Waals surface area contributed by atoms with Gasteiger partial charge in [-0.15, -0.1) is 0 Å². The number of esters is 1. The van der Waals surface area contributed by atoms with Crippen molar-refractivity contribution in [2.24, 2.45) is 0 Å². The Bertz CT molecular complexity index is 1420. The molecule has 1 heterocycles. The van der Waals surface area contributed by atoms with Gasteiger partial charge in [-0.3, -0.25) is 19.3 Å². The van der Waals surface area contributed by atoms with Crippen LogP contribution in [-0.4, -0.2) is 35.0 Å². The first-order chi connectivity index (χ1) is 17.9. The molecule has 1 fully saturated rings. The predicted molar refractivity (Wildman–Crippen MR) is 138 cm³/mol. The number of ether oxygens (including phenoxy) is 1. The highest BCUT2D eigenvalue weighted by Crippen LogP contribution is 2.43. The van der Waals surface area contributed by atoms with E-state index < -0.39 is 23.7 Å². The number of Topliss-reactive ketones (excluding diaryl/α,β-unsaturated/α-hetero) is 1. The van der Waals surface area contributed by atoms with Crippen LogP contribution in [0.15, 0.2) is 72.3 Å². The second-order valence-corrected chi connectivity index (χ2v) is 9.37. The van der Waals surface area contributed by atoms with E-state index in [2.05, 4.69) is 0 Å². The number of amides is 1. The van der Waals surface area contributed by atoms with Gasteiger partial charge in [-0.1, -0.05) is 36.4 Å². The van der Waals surface area contributed by atoms with Crippen LogP contribution in [0.3, 0.4) is 0 Å². The molecule has 0 spiro atoms. The Morgan fingerprint density at radius 2 is 1.70 bits per heavy atom. The number of aliphatic hydroxyl groups excluding tert-OH is 1. The zero-order valence-electron chi connectivity index (χ0n) is 20.4. The maximum absolute atomic E-state index is 13.4. The minimum Gasteiger partial charge on any atom is -0.508 e. The molecule has 37 heavy (non-hydrogen) atoms. The third kappa shape index (κ3) is 4.60. The number of carbonyl (C=O) groups excluding carboxylic acids is 3. The van der Waals surface area contributed by atoms with Gasteiger partial charge in [0.05, 0.1) is 25.1 Å². The van der Waals surface area contributed by atoms with Crippen molar-refractivity contribution >= 4 is 29.1 Å². The molecular weight excluding hydrogens is 470 g/mol. The standard InChI is InChI=1S/C30H27NO6/c1-37-25(33)15-18-9-13-23(14-10-18)31-27(21-7-4-8-24(32)17-21)26(29(35)30(31)36)28(34)22-12-11-19-5-2-3-6-20(19)16-22/h4,7-14,16-17,27,32,34H,2-3,5-6,15H2,1H3/b28-26-. The summed E-state index contributed by atoms with van der Waals surface area (Å²) in [6.07, 6.45) is 4.15. The van der Waals surface area contributed by atoms with Gasteiger partial charge in [0.25, 0.3) is 11.7 Å². The van der Waals surface area contributed by atoms with E-state index in [1.165, 1.54) is 29.7 Å². The van der Waals surface area contributed by atoms with Crippen molar-refractivity contribution in [2.75, 3.05) is 12.0 Å². The van der Waals surface area contributed by atoms with Gasteiger partial charge in [0.1, 0.15) is 11.5 Å². The van der Waals surface area contributed by atoms with Crippen LogP contribution >= 0.6 is 0 Å². The van der Waals surface area contributed by atoms with E-state index in [1.807, 2.05) is 12.1 Å². The summed E-state index contributed by atoms with van der Waals surface area (Å²) >= 11 is 0. The molecular formula is C30H27NO6. The first-order valence-corrected chi connectivity index (χ1v) is 12.2. The van der Waals surface area contributed by atoms with Crippen LogP contribution in [0.5, 0.6) is 5.75 Å². The number of fused-ring (bicyclic) bond motifs is 1. The SMILES string of the molecule is COC(=O)Cc1ccc(N2C(=O)C(=O)/C(=C(\O)c3ccc4c(c3)CCCC4)C2c2cccc(O)c2)cc1. The van der Waals surface area contributed by atoms with Gasteiger partial charge >= 0.3 is 5.97 Å². The Morgan fingerprint density at radius 1 is 0.973 bits per heavy atom. The number of methoxy groups -OCH3 is 1. The minimum absolute atomic E-state index is 0.0229. The lowest BCUT2D eigenvalue weighted by Crippen LogP contribution is -2.29. The highest BCUT2D eigenvalue weighted by Gasteiger charge is 2.47. The van der Waals surface area contributed by atoms with E-state index in [-0.39, 0.29) is 23.5 Å². The van der Waals surface area contributed by atoms with Crippen LogP contribution in [0.4, 0.5) is 5.69 Å². The zero-order chi connectivity index (χ0) is 26.1. The van der Waals surface area contributed by atoms with Gasteiger partial charge < -0.3 is 14.9 Å².